The van der Waals surface area contributed by atoms with Crippen LogP contribution < -0.4 is 15.0 Å². The van der Waals surface area contributed by atoms with Gasteiger partial charge in [0.05, 0.1) is 31.6 Å². The maximum absolute atomic E-state index is 14.0. The van der Waals surface area contributed by atoms with Gasteiger partial charge in [0, 0.05) is 24.3 Å². The molecule has 1 saturated heterocycles. The second-order valence-corrected chi connectivity index (χ2v) is 8.45. The van der Waals surface area contributed by atoms with Crippen LogP contribution >= 0.6 is 0 Å². The van der Waals surface area contributed by atoms with E-state index in [0.717, 1.165) is 25.5 Å². The van der Waals surface area contributed by atoms with E-state index in [4.69, 9.17) is 18.9 Å². The lowest BCUT2D eigenvalue weighted by Crippen LogP contribution is -2.23. The molecule has 5 rings (SSSR count). The van der Waals surface area contributed by atoms with Crippen molar-refractivity contribution in [1.29, 1.82) is 0 Å². The number of nitrogens with zero attached hydrogens (tertiary/aromatic N) is 2. The molecule has 2 atom stereocenters. The minimum atomic E-state index is -1.25. The van der Waals surface area contributed by atoms with Gasteiger partial charge in [-0.3, -0.25) is 9.36 Å². The van der Waals surface area contributed by atoms with Gasteiger partial charge in [-0.2, -0.15) is 4.98 Å². The molecule has 2 aromatic carbocycles. The standard InChI is InChI=1S/C25H23F3N2O5/c26-16-8-21(24(28)22(27)9-16)15-3-5-18(6-4-15)34-14-20-11-30-17(10-23(31)29-25(30)35-20)12-32-13-19-2-1-7-33-19/h3-6,8-10,19-20H,1-2,7,11-14H2. The van der Waals surface area contributed by atoms with Crippen molar-refractivity contribution in [3.8, 4) is 22.9 Å². The van der Waals surface area contributed by atoms with Gasteiger partial charge in [-0.15, -0.1) is 0 Å². The van der Waals surface area contributed by atoms with Crippen LogP contribution in [-0.2, 0) is 22.6 Å². The number of rotatable bonds is 8. The van der Waals surface area contributed by atoms with Gasteiger partial charge >= 0.3 is 6.01 Å². The van der Waals surface area contributed by atoms with E-state index in [1.807, 2.05) is 0 Å². The average Bonchev–Trinajstić information content (AvgIpc) is 3.50. The van der Waals surface area contributed by atoms with Gasteiger partial charge in [0.2, 0.25) is 0 Å². The highest BCUT2D eigenvalue weighted by atomic mass is 19.2. The molecule has 0 bridgehead atoms. The van der Waals surface area contributed by atoms with Crippen molar-refractivity contribution >= 4 is 0 Å². The number of aromatic nitrogens is 2. The molecule has 10 heteroatoms. The maximum atomic E-state index is 14.0. The SMILES string of the molecule is O=c1cc(COCC2CCCO2)n2c(n1)OC(COc1ccc(-c3cc(F)cc(F)c3F)cc1)C2. The molecule has 184 valence electrons. The van der Waals surface area contributed by atoms with Crippen LogP contribution in [0.15, 0.2) is 47.3 Å². The second kappa shape index (κ2) is 10.1. The summed E-state index contributed by atoms with van der Waals surface area (Å²) in [5.74, 6) is -2.76. The minimum Gasteiger partial charge on any atom is -0.490 e. The summed E-state index contributed by atoms with van der Waals surface area (Å²) in [7, 11) is 0. The highest BCUT2D eigenvalue weighted by Gasteiger charge is 2.27. The van der Waals surface area contributed by atoms with Crippen LogP contribution in [0.25, 0.3) is 11.1 Å². The lowest BCUT2D eigenvalue weighted by molar-refractivity contribution is 0.00873. The first-order valence-electron chi connectivity index (χ1n) is 11.3. The number of halogens is 3. The quantitative estimate of drug-likeness (QED) is 0.449. The van der Waals surface area contributed by atoms with Gasteiger partial charge < -0.3 is 18.9 Å². The lowest BCUT2D eigenvalue weighted by atomic mass is 10.0. The number of hydrogen-bond donors (Lipinski definition) is 0. The third-order valence-corrected chi connectivity index (χ3v) is 5.90. The first kappa shape index (κ1) is 23.4. The number of hydrogen-bond acceptors (Lipinski definition) is 6. The van der Waals surface area contributed by atoms with Gasteiger partial charge in [0.1, 0.15) is 18.2 Å². The Morgan fingerprint density at radius 3 is 2.66 bits per heavy atom. The molecule has 1 fully saturated rings. The number of benzene rings is 2. The van der Waals surface area contributed by atoms with Crippen molar-refractivity contribution in [3.63, 3.8) is 0 Å². The Morgan fingerprint density at radius 1 is 1.06 bits per heavy atom. The van der Waals surface area contributed by atoms with Gasteiger partial charge in [-0.1, -0.05) is 12.1 Å². The number of fused-ring (bicyclic) bond motifs is 1. The molecule has 35 heavy (non-hydrogen) atoms. The molecule has 0 aliphatic carbocycles. The van der Waals surface area contributed by atoms with Crippen LogP contribution in [0.2, 0.25) is 0 Å². The molecule has 0 N–H and O–H groups in total. The Kier molecular flexibility index (Phi) is 6.74. The van der Waals surface area contributed by atoms with Gasteiger partial charge in [-0.05, 0) is 36.6 Å². The highest BCUT2D eigenvalue weighted by Crippen LogP contribution is 2.28. The van der Waals surface area contributed by atoms with E-state index < -0.39 is 29.1 Å². The average molecular weight is 488 g/mol. The zero-order valence-electron chi connectivity index (χ0n) is 18.7. The number of ether oxygens (including phenoxy) is 4. The summed E-state index contributed by atoms with van der Waals surface area (Å²) in [6.45, 7) is 2.03. The van der Waals surface area contributed by atoms with Crippen molar-refractivity contribution in [2.45, 2.75) is 38.2 Å². The van der Waals surface area contributed by atoms with E-state index in [-0.39, 0.29) is 30.9 Å². The Morgan fingerprint density at radius 2 is 1.89 bits per heavy atom. The van der Waals surface area contributed by atoms with Crippen LogP contribution in [0.1, 0.15) is 18.5 Å². The molecule has 3 heterocycles. The molecular formula is C25H23F3N2O5. The van der Waals surface area contributed by atoms with E-state index in [9.17, 15) is 18.0 Å². The first-order chi connectivity index (χ1) is 17.0. The van der Waals surface area contributed by atoms with E-state index in [1.54, 1.807) is 16.7 Å². The summed E-state index contributed by atoms with van der Waals surface area (Å²) in [4.78, 5) is 15.9. The van der Waals surface area contributed by atoms with E-state index in [1.165, 1.54) is 18.2 Å². The summed E-state index contributed by atoms with van der Waals surface area (Å²) in [6, 6.07) is 9.26. The largest absolute Gasteiger partial charge is 0.490 e. The fraction of sp³-hybridized carbons (Fsp3) is 0.360. The minimum absolute atomic E-state index is 0.0850. The van der Waals surface area contributed by atoms with E-state index in [2.05, 4.69) is 4.98 Å². The Labute approximate surface area is 199 Å². The fourth-order valence-electron chi connectivity index (χ4n) is 4.17. The molecule has 7 nitrogen and oxygen atoms in total. The van der Waals surface area contributed by atoms with Gasteiger partial charge in [0.25, 0.3) is 5.56 Å². The normalized spacial score (nSPS) is 18.9. The predicted octanol–water partition coefficient (Wildman–Crippen LogP) is 3.86. The molecule has 2 aliphatic rings. The summed E-state index contributed by atoms with van der Waals surface area (Å²) in [5, 5.41) is 0. The molecule has 0 amide bonds. The van der Waals surface area contributed by atoms with Crippen LogP contribution in [0.3, 0.4) is 0 Å². The Balaban J connectivity index is 1.19. The molecule has 2 aliphatic heterocycles. The second-order valence-electron chi connectivity index (χ2n) is 8.45. The van der Waals surface area contributed by atoms with Crippen molar-refractivity contribution in [2.24, 2.45) is 0 Å². The van der Waals surface area contributed by atoms with Gasteiger partial charge in [0.15, 0.2) is 17.7 Å². The monoisotopic (exact) mass is 488 g/mol. The molecule has 0 spiro atoms. The van der Waals surface area contributed by atoms with Crippen molar-refractivity contribution < 1.29 is 32.1 Å². The topological polar surface area (TPSA) is 71.8 Å². The zero-order valence-corrected chi connectivity index (χ0v) is 18.7. The van der Waals surface area contributed by atoms with Gasteiger partial charge in [-0.25, -0.2) is 13.2 Å². The molecular weight excluding hydrogens is 465 g/mol. The Bertz CT molecular complexity index is 1260. The lowest BCUT2D eigenvalue weighted by Gasteiger charge is -2.13. The fourth-order valence-corrected chi connectivity index (χ4v) is 4.17. The molecule has 0 radical (unpaired) electrons. The third-order valence-electron chi connectivity index (χ3n) is 5.90. The summed E-state index contributed by atoms with van der Waals surface area (Å²) in [5.41, 5.74) is 0.390. The van der Waals surface area contributed by atoms with E-state index in [0.29, 0.717) is 36.2 Å². The Hall–Kier alpha value is -3.37. The van der Waals surface area contributed by atoms with Crippen LogP contribution in [-0.4, -0.2) is 41.6 Å². The van der Waals surface area contributed by atoms with E-state index >= 15 is 0 Å². The molecule has 2 unspecified atom stereocenters. The molecule has 0 saturated carbocycles. The van der Waals surface area contributed by atoms with Crippen LogP contribution in [0.5, 0.6) is 11.8 Å². The summed E-state index contributed by atoms with van der Waals surface area (Å²) in [6.07, 6.45) is 1.68. The third kappa shape index (κ3) is 5.33. The van der Waals surface area contributed by atoms with Crippen LogP contribution in [0.4, 0.5) is 13.2 Å². The summed E-state index contributed by atoms with van der Waals surface area (Å²) < 4.78 is 65.7. The molecule has 1 aromatic heterocycles. The summed E-state index contributed by atoms with van der Waals surface area (Å²) >= 11 is 0. The predicted molar refractivity (Wildman–Crippen MR) is 119 cm³/mol. The zero-order chi connectivity index (χ0) is 24.4. The smallest absolute Gasteiger partial charge is 0.300 e. The maximum Gasteiger partial charge on any atom is 0.300 e. The molecule has 3 aromatic rings. The van der Waals surface area contributed by atoms with Crippen molar-refractivity contribution in [1.82, 2.24) is 9.55 Å². The van der Waals surface area contributed by atoms with Crippen molar-refractivity contribution in [3.05, 3.63) is 76.0 Å². The first-order valence-corrected chi connectivity index (χ1v) is 11.3. The van der Waals surface area contributed by atoms with Crippen molar-refractivity contribution in [2.75, 3.05) is 19.8 Å². The highest BCUT2D eigenvalue weighted by molar-refractivity contribution is 5.65. The van der Waals surface area contributed by atoms with Crippen LogP contribution in [0, 0.1) is 17.5 Å².